The fraction of sp³-hybridized carbons (Fsp3) is 0.600. The van der Waals surface area contributed by atoms with E-state index < -0.39 is 0 Å². The van der Waals surface area contributed by atoms with Crippen LogP contribution < -0.4 is 4.90 Å². The highest BCUT2D eigenvalue weighted by Crippen LogP contribution is 2.43. The third-order valence-electron chi connectivity index (χ3n) is 7.98. The van der Waals surface area contributed by atoms with Gasteiger partial charge >= 0.3 is 0 Å². The van der Waals surface area contributed by atoms with Crippen LogP contribution in [0.25, 0.3) is 5.70 Å². The first-order valence-corrected chi connectivity index (χ1v) is 11.4. The van der Waals surface area contributed by atoms with Gasteiger partial charge in [-0.1, -0.05) is 30.7 Å². The molecule has 0 radical (unpaired) electrons. The van der Waals surface area contributed by atoms with Crippen molar-refractivity contribution in [3.05, 3.63) is 48.1 Å². The molecule has 1 aromatic rings. The summed E-state index contributed by atoms with van der Waals surface area (Å²) in [5.41, 5.74) is 4.69. The molecule has 5 rings (SSSR count). The molecule has 0 bridgehead atoms. The van der Waals surface area contributed by atoms with Gasteiger partial charge in [0, 0.05) is 44.1 Å². The second-order valence-electron chi connectivity index (χ2n) is 9.52. The normalized spacial score (nSPS) is 25.7. The molecular weight excluding hydrogens is 342 g/mol. The van der Waals surface area contributed by atoms with Gasteiger partial charge < -0.3 is 14.7 Å². The zero-order valence-corrected chi connectivity index (χ0v) is 17.4. The third kappa shape index (κ3) is 3.50. The topological polar surface area (TPSA) is 9.72 Å². The fourth-order valence-corrected chi connectivity index (χ4v) is 5.62. The number of likely N-dealkylation sites (tertiary alicyclic amines) is 1. The summed E-state index contributed by atoms with van der Waals surface area (Å²) in [4.78, 5) is 7.73. The molecule has 0 aromatic heterocycles. The van der Waals surface area contributed by atoms with Crippen molar-refractivity contribution in [3.8, 4) is 0 Å². The van der Waals surface area contributed by atoms with Gasteiger partial charge in [0.2, 0.25) is 0 Å². The van der Waals surface area contributed by atoms with Gasteiger partial charge in [-0.05, 0) is 80.8 Å². The van der Waals surface area contributed by atoms with Gasteiger partial charge in [0.15, 0.2) is 0 Å². The molecular formula is C25H35N3. The zero-order chi connectivity index (χ0) is 19.0. The molecule has 1 spiro atoms. The van der Waals surface area contributed by atoms with Crippen LogP contribution in [0.15, 0.2) is 42.5 Å². The summed E-state index contributed by atoms with van der Waals surface area (Å²) in [5.74, 6) is 0. The van der Waals surface area contributed by atoms with E-state index in [0.717, 1.165) is 12.6 Å². The van der Waals surface area contributed by atoms with Crippen molar-refractivity contribution in [2.75, 3.05) is 44.7 Å². The van der Waals surface area contributed by atoms with E-state index in [0.29, 0.717) is 5.41 Å². The molecule has 1 aliphatic carbocycles. The molecule has 3 heterocycles. The smallest absolute Gasteiger partial charge is 0.0439 e. The summed E-state index contributed by atoms with van der Waals surface area (Å²) in [6, 6.07) is 10.2. The lowest BCUT2D eigenvalue weighted by molar-refractivity contribution is 0.0306. The quantitative estimate of drug-likeness (QED) is 0.752. The van der Waals surface area contributed by atoms with Gasteiger partial charge in [-0.25, -0.2) is 0 Å². The number of rotatable bonds is 3. The number of hydrogen-bond donors (Lipinski definition) is 0. The van der Waals surface area contributed by atoms with Crippen molar-refractivity contribution in [3.63, 3.8) is 0 Å². The lowest BCUT2D eigenvalue weighted by atomic mass is 9.70. The fourth-order valence-electron chi connectivity index (χ4n) is 5.62. The van der Waals surface area contributed by atoms with Crippen LogP contribution in [0, 0.1) is 5.41 Å². The van der Waals surface area contributed by atoms with Gasteiger partial charge in [0.25, 0.3) is 0 Å². The lowest BCUT2D eigenvalue weighted by Crippen LogP contribution is -2.50. The Hall–Kier alpha value is -1.74. The molecule has 3 aliphatic heterocycles. The van der Waals surface area contributed by atoms with E-state index in [2.05, 4.69) is 64.2 Å². The maximum atomic E-state index is 2.80. The van der Waals surface area contributed by atoms with E-state index in [1.54, 1.807) is 0 Å². The average Bonchev–Trinajstić information content (AvgIpc) is 2.70. The Kier molecular flexibility index (Phi) is 4.96. The van der Waals surface area contributed by atoms with Gasteiger partial charge in [-0.3, -0.25) is 0 Å². The molecule has 28 heavy (non-hydrogen) atoms. The van der Waals surface area contributed by atoms with Crippen LogP contribution in [-0.4, -0.2) is 55.6 Å². The highest BCUT2D eigenvalue weighted by atomic mass is 15.2. The summed E-state index contributed by atoms with van der Waals surface area (Å²) < 4.78 is 0. The van der Waals surface area contributed by atoms with Gasteiger partial charge in [0.05, 0.1) is 0 Å². The summed E-state index contributed by atoms with van der Waals surface area (Å²) in [6.45, 7) is 6.18. The largest absolute Gasteiger partial charge is 0.371 e. The second-order valence-corrected chi connectivity index (χ2v) is 9.52. The maximum Gasteiger partial charge on any atom is 0.0439 e. The molecule has 3 heteroatoms. The molecule has 1 aromatic carbocycles. The zero-order valence-electron chi connectivity index (χ0n) is 17.4. The molecule has 4 aliphatic rings. The number of likely N-dealkylation sites (N-methyl/N-ethyl adjacent to an activating group) is 1. The molecule has 0 unspecified atom stereocenters. The van der Waals surface area contributed by atoms with Gasteiger partial charge in [-0.15, -0.1) is 0 Å². The highest BCUT2D eigenvalue weighted by Gasteiger charge is 2.39. The lowest BCUT2D eigenvalue weighted by Gasteiger charge is -2.50. The monoisotopic (exact) mass is 377 g/mol. The van der Waals surface area contributed by atoms with Gasteiger partial charge in [0.1, 0.15) is 0 Å². The molecule has 1 saturated carbocycles. The van der Waals surface area contributed by atoms with Crippen molar-refractivity contribution in [2.24, 2.45) is 5.41 Å². The van der Waals surface area contributed by atoms with Gasteiger partial charge in [-0.2, -0.15) is 0 Å². The molecule has 0 amide bonds. The molecule has 3 fully saturated rings. The predicted octanol–water partition coefficient (Wildman–Crippen LogP) is 4.76. The minimum Gasteiger partial charge on any atom is -0.371 e. The Morgan fingerprint density at radius 2 is 1.57 bits per heavy atom. The molecule has 0 atom stereocenters. The van der Waals surface area contributed by atoms with E-state index in [1.807, 2.05) is 0 Å². The van der Waals surface area contributed by atoms with Crippen molar-refractivity contribution < 1.29 is 0 Å². The highest BCUT2D eigenvalue weighted by molar-refractivity contribution is 5.68. The summed E-state index contributed by atoms with van der Waals surface area (Å²) in [6.07, 6.45) is 16.6. The number of anilines is 1. The summed E-state index contributed by atoms with van der Waals surface area (Å²) >= 11 is 0. The number of benzene rings is 1. The first-order chi connectivity index (χ1) is 13.7. The summed E-state index contributed by atoms with van der Waals surface area (Å²) in [5, 5.41) is 0. The van der Waals surface area contributed by atoms with Crippen molar-refractivity contribution >= 4 is 11.4 Å². The Labute approximate surface area is 170 Å². The van der Waals surface area contributed by atoms with Crippen LogP contribution in [0.1, 0.15) is 50.5 Å². The second kappa shape index (κ2) is 7.59. The molecule has 150 valence electrons. The van der Waals surface area contributed by atoms with Crippen LogP contribution in [0.3, 0.4) is 0 Å². The Bertz CT molecular complexity index is 726. The van der Waals surface area contributed by atoms with Crippen LogP contribution in [0.5, 0.6) is 0 Å². The first-order valence-electron chi connectivity index (χ1n) is 11.4. The minimum atomic E-state index is 0.638. The Morgan fingerprint density at radius 1 is 0.893 bits per heavy atom. The van der Waals surface area contributed by atoms with Crippen molar-refractivity contribution in [1.29, 1.82) is 0 Å². The minimum absolute atomic E-state index is 0.638. The number of nitrogens with zero attached hydrogens (tertiary/aromatic N) is 3. The number of piperidine rings is 2. The van der Waals surface area contributed by atoms with E-state index in [4.69, 9.17) is 0 Å². The average molecular weight is 378 g/mol. The van der Waals surface area contributed by atoms with Crippen molar-refractivity contribution in [2.45, 2.75) is 51.0 Å². The van der Waals surface area contributed by atoms with Crippen LogP contribution in [-0.2, 0) is 0 Å². The Balaban J connectivity index is 1.18. The Morgan fingerprint density at radius 3 is 2.18 bits per heavy atom. The standard InChI is InChI=1S/C25H35N3/c1-26-16-3-2-7-24(26)21-8-10-23(11-9-21)28-19-14-25(15-20-28)12-17-27(18-13-25)22-5-4-6-22/h2-3,7-11,22H,4-6,12-20H2,1H3. The third-order valence-corrected chi connectivity index (χ3v) is 7.98. The van der Waals surface area contributed by atoms with Crippen molar-refractivity contribution in [1.82, 2.24) is 9.80 Å². The molecule has 3 nitrogen and oxygen atoms in total. The SMILES string of the molecule is CN1CC=CC=C1c1ccc(N2CCC3(CC2)CCN(C2CCC2)CC3)cc1. The summed E-state index contributed by atoms with van der Waals surface area (Å²) in [7, 11) is 2.17. The molecule has 2 saturated heterocycles. The van der Waals surface area contributed by atoms with E-state index >= 15 is 0 Å². The van der Waals surface area contributed by atoms with E-state index in [9.17, 15) is 0 Å². The predicted molar refractivity (Wildman–Crippen MR) is 119 cm³/mol. The van der Waals surface area contributed by atoms with Crippen LogP contribution in [0.4, 0.5) is 5.69 Å². The molecule has 0 N–H and O–H groups in total. The number of hydrogen-bond acceptors (Lipinski definition) is 3. The first kappa shape index (κ1) is 18.3. The maximum absolute atomic E-state index is 2.80. The van der Waals surface area contributed by atoms with Crippen LogP contribution >= 0.6 is 0 Å². The number of allylic oxidation sites excluding steroid dienone is 2. The van der Waals surface area contributed by atoms with E-state index in [1.165, 1.54) is 88.1 Å². The van der Waals surface area contributed by atoms with Crippen LogP contribution in [0.2, 0.25) is 0 Å². The van der Waals surface area contributed by atoms with E-state index in [-0.39, 0.29) is 0 Å².